The highest BCUT2D eigenvalue weighted by Crippen LogP contribution is 2.12. The average molecular weight is 534 g/mol. The molecule has 0 aliphatic rings. The predicted molar refractivity (Wildman–Crippen MR) is 135 cm³/mol. The highest BCUT2D eigenvalue weighted by molar-refractivity contribution is 14.0. The van der Waals surface area contributed by atoms with E-state index in [1.54, 1.807) is 0 Å². The second-order valence-corrected chi connectivity index (χ2v) is 7.25. The second kappa shape index (κ2) is 12.3. The van der Waals surface area contributed by atoms with Gasteiger partial charge in [0.1, 0.15) is 24.7 Å². The minimum Gasteiger partial charge on any atom is -0.492 e. The molecule has 3 aromatic rings. The Morgan fingerprint density at radius 3 is 2.42 bits per heavy atom. The summed E-state index contributed by atoms with van der Waals surface area (Å²) in [6.07, 6.45) is 0. The summed E-state index contributed by atoms with van der Waals surface area (Å²) in [5.74, 6) is 3.25. The van der Waals surface area contributed by atoms with Crippen LogP contribution in [0.5, 0.6) is 5.75 Å². The van der Waals surface area contributed by atoms with Crippen LogP contribution in [0.2, 0.25) is 0 Å². The van der Waals surface area contributed by atoms with E-state index in [9.17, 15) is 0 Å². The maximum atomic E-state index is 5.81. The van der Waals surface area contributed by atoms with E-state index in [0.717, 1.165) is 17.4 Å². The number of hydrogen-bond donors (Lipinski definition) is 2. The molecule has 0 aliphatic heterocycles. The van der Waals surface area contributed by atoms with Crippen molar-refractivity contribution in [2.45, 2.75) is 33.4 Å². The molecule has 0 saturated carbocycles. The number of aryl methyl sites for hydroxylation is 2. The van der Waals surface area contributed by atoms with Crippen molar-refractivity contribution in [1.29, 1.82) is 0 Å². The molecule has 3 rings (SSSR count). The third-order valence-electron chi connectivity index (χ3n) is 4.90. The van der Waals surface area contributed by atoms with Crippen molar-refractivity contribution in [1.82, 2.24) is 25.4 Å². The van der Waals surface area contributed by atoms with Gasteiger partial charge < -0.3 is 19.9 Å². The molecule has 1 aromatic heterocycles. The molecule has 2 N–H and O–H groups in total. The van der Waals surface area contributed by atoms with Crippen LogP contribution < -0.4 is 15.4 Å². The zero-order chi connectivity index (χ0) is 21.3. The van der Waals surface area contributed by atoms with Crippen molar-refractivity contribution < 1.29 is 4.74 Å². The van der Waals surface area contributed by atoms with E-state index >= 15 is 0 Å². The fourth-order valence-electron chi connectivity index (χ4n) is 2.89. The van der Waals surface area contributed by atoms with Gasteiger partial charge in [0.15, 0.2) is 11.8 Å². The molecule has 2 aromatic carbocycles. The molecule has 1 unspecified atom stereocenters. The van der Waals surface area contributed by atoms with Crippen LogP contribution >= 0.6 is 24.0 Å². The first-order valence-corrected chi connectivity index (χ1v) is 10.2. The van der Waals surface area contributed by atoms with E-state index in [1.807, 2.05) is 61.0 Å². The van der Waals surface area contributed by atoms with E-state index in [-0.39, 0.29) is 30.0 Å². The number of halogens is 1. The van der Waals surface area contributed by atoms with Crippen molar-refractivity contribution >= 4 is 29.9 Å². The molecule has 31 heavy (non-hydrogen) atoms. The fraction of sp³-hybridized carbons (Fsp3) is 0.348. The van der Waals surface area contributed by atoms with Crippen molar-refractivity contribution in [3.05, 3.63) is 77.4 Å². The Morgan fingerprint density at radius 1 is 1.06 bits per heavy atom. The first-order valence-electron chi connectivity index (χ1n) is 10.2. The lowest BCUT2D eigenvalue weighted by molar-refractivity contribution is 0.321. The van der Waals surface area contributed by atoms with E-state index in [1.165, 1.54) is 11.1 Å². The van der Waals surface area contributed by atoms with Crippen LogP contribution in [-0.2, 0) is 13.6 Å². The maximum absolute atomic E-state index is 5.81. The number of ether oxygens (including phenoxy) is 1. The van der Waals surface area contributed by atoms with Gasteiger partial charge in [-0.05, 0) is 38.5 Å². The Kier molecular flexibility index (Phi) is 9.77. The Balaban J connectivity index is 0.00000341. The quantitative estimate of drug-likeness (QED) is 0.198. The Bertz CT molecular complexity index is 956. The standard InChI is InChI=1S/C23H30N6O.HI/c1-17-10-12-21(13-11-17)30-15-14-24-23(25-16-22-28-27-19(3)29(22)4)26-18(2)20-8-6-5-7-9-20;/h5-13,18H,14-16H2,1-4H3,(H2,24,25,26);1H. The largest absolute Gasteiger partial charge is 0.492 e. The first kappa shape index (κ1) is 24.6. The monoisotopic (exact) mass is 534 g/mol. The highest BCUT2D eigenvalue weighted by atomic mass is 127. The zero-order valence-corrected chi connectivity index (χ0v) is 20.8. The van der Waals surface area contributed by atoms with Gasteiger partial charge in [0.05, 0.1) is 12.6 Å². The molecule has 8 heteroatoms. The Hall–Kier alpha value is -2.62. The van der Waals surface area contributed by atoms with Gasteiger partial charge in [-0.1, -0.05) is 48.0 Å². The number of aliphatic imine (C=N–C) groups is 1. The summed E-state index contributed by atoms with van der Waals surface area (Å²) in [5.41, 5.74) is 2.41. The Morgan fingerprint density at radius 2 is 1.77 bits per heavy atom. The predicted octanol–water partition coefficient (Wildman–Crippen LogP) is 3.93. The van der Waals surface area contributed by atoms with Crippen molar-refractivity contribution in [3.8, 4) is 5.75 Å². The lowest BCUT2D eigenvalue weighted by Gasteiger charge is -2.19. The molecule has 0 amide bonds. The van der Waals surface area contributed by atoms with Gasteiger partial charge in [0.2, 0.25) is 0 Å². The van der Waals surface area contributed by atoms with Gasteiger partial charge >= 0.3 is 0 Å². The molecule has 7 nitrogen and oxygen atoms in total. The van der Waals surface area contributed by atoms with Crippen LogP contribution in [0.1, 0.15) is 35.7 Å². The minimum absolute atomic E-state index is 0. The molecule has 0 fully saturated rings. The Labute approximate surface area is 201 Å². The van der Waals surface area contributed by atoms with E-state index < -0.39 is 0 Å². The molecule has 166 valence electrons. The van der Waals surface area contributed by atoms with Gasteiger partial charge in [-0.15, -0.1) is 34.2 Å². The van der Waals surface area contributed by atoms with Crippen molar-refractivity contribution in [2.75, 3.05) is 13.2 Å². The van der Waals surface area contributed by atoms with Gasteiger partial charge in [0, 0.05) is 7.05 Å². The van der Waals surface area contributed by atoms with Crippen LogP contribution in [0.15, 0.2) is 59.6 Å². The molecular formula is C23H31IN6O. The normalized spacial score (nSPS) is 12.1. The smallest absolute Gasteiger partial charge is 0.192 e. The van der Waals surface area contributed by atoms with Gasteiger partial charge in [0.25, 0.3) is 0 Å². The van der Waals surface area contributed by atoms with Crippen LogP contribution in [0.3, 0.4) is 0 Å². The number of aromatic nitrogens is 3. The number of hydrogen-bond acceptors (Lipinski definition) is 4. The van der Waals surface area contributed by atoms with Crippen molar-refractivity contribution in [3.63, 3.8) is 0 Å². The molecule has 0 bridgehead atoms. The second-order valence-electron chi connectivity index (χ2n) is 7.25. The van der Waals surface area contributed by atoms with Gasteiger partial charge in [-0.2, -0.15) is 0 Å². The van der Waals surface area contributed by atoms with E-state index in [0.29, 0.717) is 25.7 Å². The lowest BCUT2D eigenvalue weighted by atomic mass is 10.1. The maximum Gasteiger partial charge on any atom is 0.192 e. The molecule has 1 heterocycles. The number of guanidine groups is 1. The van der Waals surface area contributed by atoms with Crippen LogP contribution in [0, 0.1) is 13.8 Å². The average Bonchev–Trinajstić information content (AvgIpc) is 3.08. The summed E-state index contributed by atoms with van der Waals surface area (Å²) in [6, 6.07) is 18.4. The minimum atomic E-state index is 0. The number of nitrogens with zero attached hydrogens (tertiary/aromatic N) is 4. The summed E-state index contributed by atoms with van der Waals surface area (Å²) < 4.78 is 7.76. The summed E-state index contributed by atoms with van der Waals surface area (Å²) in [4.78, 5) is 4.71. The fourth-order valence-corrected chi connectivity index (χ4v) is 2.89. The van der Waals surface area contributed by atoms with E-state index in [4.69, 9.17) is 9.73 Å². The summed E-state index contributed by atoms with van der Waals surface area (Å²) >= 11 is 0. The van der Waals surface area contributed by atoms with Crippen LogP contribution in [-0.4, -0.2) is 33.9 Å². The first-order chi connectivity index (χ1) is 14.5. The number of benzene rings is 2. The molecule has 0 aliphatic carbocycles. The van der Waals surface area contributed by atoms with Crippen LogP contribution in [0.25, 0.3) is 0 Å². The molecule has 0 saturated heterocycles. The topological polar surface area (TPSA) is 76.4 Å². The summed E-state index contributed by atoms with van der Waals surface area (Å²) in [7, 11) is 1.95. The SMILES string of the molecule is Cc1ccc(OCCNC(=NCc2nnc(C)n2C)NC(C)c2ccccc2)cc1.I. The van der Waals surface area contributed by atoms with Gasteiger partial charge in [-0.3, -0.25) is 0 Å². The molecule has 1 atom stereocenters. The van der Waals surface area contributed by atoms with E-state index in [2.05, 4.69) is 46.8 Å². The summed E-state index contributed by atoms with van der Waals surface area (Å²) in [6.45, 7) is 7.70. The van der Waals surface area contributed by atoms with Gasteiger partial charge in [-0.25, -0.2) is 4.99 Å². The highest BCUT2D eigenvalue weighted by Gasteiger charge is 2.09. The molecule has 0 radical (unpaired) electrons. The lowest BCUT2D eigenvalue weighted by Crippen LogP contribution is -2.40. The summed E-state index contributed by atoms with van der Waals surface area (Å²) in [5, 5.41) is 15.1. The number of nitrogens with one attached hydrogen (secondary N) is 2. The third kappa shape index (κ3) is 7.54. The molecule has 0 spiro atoms. The van der Waals surface area contributed by atoms with Crippen molar-refractivity contribution in [2.24, 2.45) is 12.0 Å². The number of rotatable bonds is 8. The van der Waals surface area contributed by atoms with Crippen LogP contribution in [0.4, 0.5) is 0 Å². The molecular weight excluding hydrogens is 503 g/mol. The zero-order valence-electron chi connectivity index (χ0n) is 18.5. The third-order valence-corrected chi connectivity index (χ3v) is 4.90.